The number of halogens is 4. The van der Waals surface area contributed by atoms with Gasteiger partial charge in [-0.3, -0.25) is 14.4 Å². The molecule has 2 bridgehead atoms. The molecule has 11 heteroatoms. The van der Waals surface area contributed by atoms with Gasteiger partial charge in [0.15, 0.2) is 6.61 Å². The van der Waals surface area contributed by atoms with E-state index in [2.05, 4.69) is 5.32 Å². The van der Waals surface area contributed by atoms with E-state index in [0.717, 1.165) is 6.07 Å². The molecule has 0 radical (unpaired) electrons. The van der Waals surface area contributed by atoms with E-state index in [-0.39, 0.29) is 47.3 Å². The molecule has 2 aromatic carbocycles. The van der Waals surface area contributed by atoms with Crippen LogP contribution >= 0.6 is 23.2 Å². The van der Waals surface area contributed by atoms with Gasteiger partial charge in [0, 0.05) is 23.6 Å². The highest BCUT2D eigenvalue weighted by Crippen LogP contribution is 2.53. The summed E-state index contributed by atoms with van der Waals surface area (Å²) >= 11 is 11.4. The largest absolute Gasteiger partial charge is 0.484 e. The van der Waals surface area contributed by atoms with E-state index < -0.39 is 28.5 Å². The summed E-state index contributed by atoms with van der Waals surface area (Å²) in [5, 5.41) is 2.98. The maximum atomic E-state index is 13.9. The van der Waals surface area contributed by atoms with Crippen LogP contribution in [-0.4, -0.2) is 41.3 Å². The fraction of sp³-hybridized carbons (Fsp3) is 0.423. The summed E-state index contributed by atoms with van der Waals surface area (Å²) in [7, 11) is 0. The monoisotopic (exact) mass is 553 g/mol. The van der Waals surface area contributed by atoms with Crippen LogP contribution in [0.25, 0.3) is 0 Å². The minimum absolute atomic E-state index is 0.0289. The number of nitrogens with zero attached hydrogens (tertiary/aromatic N) is 1. The van der Waals surface area contributed by atoms with E-state index in [1.807, 2.05) is 0 Å². The zero-order chi connectivity index (χ0) is 26.8. The summed E-state index contributed by atoms with van der Waals surface area (Å²) in [5.74, 6) is -2.24. The molecule has 0 heterocycles. The number of ether oxygens (including phenoxy) is 1. The van der Waals surface area contributed by atoms with Crippen molar-refractivity contribution in [1.82, 2.24) is 10.2 Å². The molecule has 198 valence electrons. The first kappa shape index (κ1) is 27.1. The summed E-state index contributed by atoms with van der Waals surface area (Å²) in [5.41, 5.74) is 4.78. The van der Waals surface area contributed by atoms with Gasteiger partial charge in [0.1, 0.15) is 17.4 Å². The van der Waals surface area contributed by atoms with Crippen LogP contribution in [0.3, 0.4) is 0 Å². The number of fused-ring (bicyclic) bond motifs is 3. The van der Waals surface area contributed by atoms with Gasteiger partial charge in [-0.25, -0.2) is 8.78 Å². The molecular weight excluding hydrogens is 527 g/mol. The molecule has 3 amide bonds. The number of benzene rings is 2. The fourth-order valence-electron chi connectivity index (χ4n) is 5.32. The highest BCUT2D eigenvalue weighted by Gasteiger charge is 2.54. The summed E-state index contributed by atoms with van der Waals surface area (Å²) in [6, 6.07) is 8.20. The topological polar surface area (TPSA) is 102 Å². The average Bonchev–Trinajstić information content (AvgIpc) is 2.87. The molecule has 7 nitrogen and oxygen atoms in total. The summed E-state index contributed by atoms with van der Waals surface area (Å²) in [6.45, 7) is -0.533. The number of rotatable bonds is 9. The molecule has 0 aliphatic heterocycles. The van der Waals surface area contributed by atoms with E-state index in [4.69, 9.17) is 33.7 Å². The minimum atomic E-state index is -0.676. The Kier molecular flexibility index (Phi) is 7.94. The predicted molar refractivity (Wildman–Crippen MR) is 134 cm³/mol. The lowest BCUT2D eigenvalue weighted by Gasteiger charge is -2.53. The summed E-state index contributed by atoms with van der Waals surface area (Å²) in [6.07, 6.45) is 3.33. The highest BCUT2D eigenvalue weighted by atomic mass is 35.5. The Balaban J connectivity index is 1.37. The SMILES string of the molecule is NC(=O)CN(Cc1ccc(Cl)c(F)c1)C(=O)C12CCC(NC(=O)COc3ccc(Cl)c(F)c3)(CC1)CC2. The number of carbonyl (C=O) groups excluding carboxylic acids is 3. The normalized spacial score (nSPS) is 22.4. The van der Waals surface area contributed by atoms with E-state index >= 15 is 0 Å². The molecule has 5 rings (SSSR count). The maximum Gasteiger partial charge on any atom is 0.258 e. The zero-order valence-electron chi connectivity index (χ0n) is 20.0. The highest BCUT2D eigenvalue weighted by molar-refractivity contribution is 6.31. The maximum absolute atomic E-state index is 13.9. The lowest BCUT2D eigenvalue weighted by Crippen LogP contribution is -2.61. The second-order valence-corrected chi connectivity index (χ2v) is 10.7. The molecule has 3 fully saturated rings. The van der Waals surface area contributed by atoms with Crippen molar-refractivity contribution in [2.45, 2.75) is 50.6 Å². The Labute approximate surface area is 223 Å². The Bertz CT molecular complexity index is 1200. The van der Waals surface area contributed by atoms with Crippen molar-refractivity contribution < 1.29 is 27.9 Å². The third-order valence-corrected chi connectivity index (χ3v) is 7.97. The van der Waals surface area contributed by atoms with Gasteiger partial charge in [0.05, 0.1) is 16.6 Å². The smallest absolute Gasteiger partial charge is 0.258 e. The van der Waals surface area contributed by atoms with Gasteiger partial charge in [-0.05, 0) is 68.4 Å². The lowest BCUT2D eigenvalue weighted by atomic mass is 9.56. The molecule has 3 saturated carbocycles. The van der Waals surface area contributed by atoms with Gasteiger partial charge < -0.3 is 20.7 Å². The van der Waals surface area contributed by atoms with Gasteiger partial charge in [-0.15, -0.1) is 0 Å². The molecule has 0 aromatic heterocycles. The first-order valence-electron chi connectivity index (χ1n) is 11.9. The third kappa shape index (κ3) is 6.15. The van der Waals surface area contributed by atoms with Gasteiger partial charge in [-0.2, -0.15) is 0 Å². The molecule has 37 heavy (non-hydrogen) atoms. The Morgan fingerprint density at radius 3 is 2.11 bits per heavy atom. The van der Waals surface area contributed by atoms with E-state index in [1.165, 1.54) is 29.2 Å². The molecule has 0 unspecified atom stereocenters. The molecular formula is C26H27Cl2F2N3O4. The Hall–Kier alpha value is -2.91. The molecule has 0 spiro atoms. The summed E-state index contributed by atoms with van der Waals surface area (Å²) in [4.78, 5) is 39.4. The number of nitrogens with two attached hydrogens (primary N) is 1. The first-order valence-corrected chi connectivity index (χ1v) is 12.7. The first-order chi connectivity index (χ1) is 17.5. The van der Waals surface area contributed by atoms with Crippen LogP contribution in [0.4, 0.5) is 8.78 Å². The average molecular weight is 554 g/mol. The van der Waals surface area contributed by atoms with Crippen molar-refractivity contribution >= 4 is 40.9 Å². The number of amides is 3. The van der Waals surface area contributed by atoms with E-state index in [1.54, 1.807) is 6.07 Å². The van der Waals surface area contributed by atoms with Crippen molar-refractivity contribution in [1.29, 1.82) is 0 Å². The number of primary amides is 1. The predicted octanol–water partition coefficient (Wildman–Crippen LogP) is 4.37. The van der Waals surface area contributed by atoms with Crippen LogP contribution < -0.4 is 15.8 Å². The minimum Gasteiger partial charge on any atom is -0.484 e. The molecule has 3 aliphatic rings. The number of nitrogens with one attached hydrogen (secondary N) is 1. The van der Waals surface area contributed by atoms with E-state index in [0.29, 0.717) is 44.1 Å². The van der Waals surface area contributed by atoms with Crippen molar-refractivity contribution in [3.63, 3.8) is 0 Å². The van der Waals surface area contributed by atoms with Gasteiger partial charge in [0.2, 0.25) is 11.8 Å². The molecule has 3 N–H and O–H groups in total. The van der Waals surface area contributed by atoms with Crippen molar-refractivity contribution in [2.24, 2.45) is 11.1 Å². The van der Waals surface area contributed by atoms with Crippen LogP contribution in [0.2, 0.25) is 10.0 Å². The lowest BCUT2D eigenvalue weighted by molar-refractivity contribution is -0.153. The molecule has 2 aromatic rings. The fourth-order valence-corrected chi connectivity index (χ4v) is 5.56. The summed E-state index contributed by atoms with van der Waals surface area (Å²) < 4.78 is 32.9. The second-order valence-electron chi connectivity index (χ2n) is 9.85. The third-order valence-electron chi connectivity index (χ3n) is 7.36. The van der Waals surface area contributed by atoms with E-state index in [9.17, 15) is 23.2 Å². The van der Waals surface area contributed by atoms with Gasteiger partial charge >= 0.3 is 0 Å². The Morgan fingerprint density at radius 1 is 0.946 bits per heavy atom. The van der Waals surface area contributed by atoms with Crippen LogP contribution in [0.1, 0.15) is 44.1 Å². The molecule has 3 aliphatic carbocycles. The van der Waals surface area contributed by atoms with Crippen LogP contribution in [-0.2, 0) is 20.9 Å². The quantitative estimate of drug-likeness (QED) is 0.481. The number of hydrogen-bond donors (Lipinski definition) is 2. The zero-order valence-corrected chi connectivity index (χ0v) is 21.5. The van der Waals surface area contributed by atoms with Gasteiger partial charge in [-0.1, -0.05) is 29.3 Å². The van der Waals surface area contributed by atoms with Crippen molar-refractivity contribution in [3.8, 4) is 5.75 Å². The van der Waals surface area contributed by atoms with Crippen LogP contribution in [0, 0.1) is 17.0 Å². The number of hydrogen-bond acceptors (Lipinski definition) is 4. The van der Waals surface area contributed by atoms with Gasteiger partial charge in [0.25, 0.3) is 5.91 Å². The Morgan fingerprint density at radius 2 is 1.54 bits per heavy atom. The molecule has 0 atom stereocenters. The van der Waals surface area contributed by atoms with Crippen LogP contribution in [0.15, 0.2) is 36.4 Å². The van der Waals surface area contributed by atoms with Crippen molar-refractivity contribution in [3.05, 3.63) is 63.6 Å². The second kappa shape index (κ2) is 10.8. The number of carbonyl (C=O) groups is 3. The standard InChI is InChI=1S/C26H27Cl2F2N3O4/c27-18-3-1-16(11-20(18)29)13-33(14-22(31)34)24(36)25-5-8-26(9-6-25,10-7-25)32-23(35)15-37-17-2-4-19(28)21(30)12-17/h1-4,11-12H,5-10,13-15H2,(H2,31,34)(H,32,35). The van der Waals surface area contributed by atoms with Crippen molar-refractivity contribution in [2.75, 3.05) is 13.2 Å². The van der Waals surface area contributed by atoms with Crippen LogP contribution in [0.5, 0.6) is 5.75 Å². The molecule has 0 saturated heterocycles.